The molecule has 0 aliphatic rings. The molecular formula is C16H18FNO3. The maximum absolute atomic E-state index is 12.9. The lowest BCUT2D eigenvalue weighted by Gasteiger charge is -2.22. The van der Waals surface area contributed by atoms with Crippen LogP contribution >= 0.6 is 0 Å². The number of ether oxygens (including phenoxy) is 1. The molecule has 0 unspecified atom stereocenters. The number of methoxy groups -OCH3 is 1. The van der Waals surface area contributed by atoms with Gasteiger partial charge in [-0.2, -0.15) is 0 Å². The molecule has 0 atom stereocenters. The van der Waals surface area contributed by atoms with Gasteiger partial charge in [0.25, 0.3) is 0 Å². The summed E-state index contributed by atoms with van der Waals surface area (Å²) in [6.07, 6.45) is 3.43. The number of benzene rings is 1. The van der Waals surface area contributed by atoms with Crippen LogP contribution in [0.15, 0.2) is 47.3 Å². The van der Waals surface area contributed by atoms with E-state index in [0.29, 0.717) is 19.7 Å². The highest BCUT2D eigenvalue weighted by molar-refractivity contribution is 5.78. The van der Waals surface area contributed by atoms with Crippen molar-refractivity contribution in [3.05, 3.63) is 59.8 Å². The van der Waals surface area contributed by atoms with Crippen molar-refractivity contribution < 1.29 is 18.3 Å². The molecule has 2 rings (SSSR count). The van der Waals surface area contributed by atoms with Gasteiger partial charge in [-0.3, -0.25) is 4.79 Å². The Labute approximate surface area is 123 Å². The van der Waals surface area contributed by atoms with Crippen LogP contribution in [0.1, 0.15) is 11.1 Å². The Balaban J connectivity index is 2.00. The van der Waals surface area contributed by atoms with E-state index in [-0.39, 0.29) is 18.1 Å². The molecule has 1 heterocycles. The molecule has 21 heavy (non-hydrogen) atoms. The number of carbonyl (C=O) groups excluding carboxylic acids is 1. The summed E-state index contributed by atoms with van der Waals surface area (Å²) in [6.45, 7) is 1.44. The molecule has 4 nitrogen and oxygen atoms in total. The lowest BCUT2D eigenvalue weighted by atomic mass is 10.1. The van der Waals surface area contributed by atoms with E-state index in [1.807, 2.05) is 6.07 Å². The van der Waals surface area contributed by atoms with Gasteiger partial charge in [-0.05, 0) is 23.8 Å². The number of nitrogens with zero attached hydrogens (tertiary/aromatic N) is 1. The molecule has 0 saturated heterocycles. The van der Waals surface area contributed by atoms with E-state index in [4.69, 9.17) is 9.15 Å². The fraction of sp³-hybridized carbons (Fsp3) is 0.312. The summed E-state index contributed by atoms with van der Waals surface area (Å²) < 4.78 is 22.9. The predicted molar refractivity (Wildman–Crippen MR) is 76.1 cm³/mol. The lowest BCUT2D eigenvalue weighted by Crippen LogP contribution is -2.34. The van der Waals surface area contributed by atoms with Crippen molar-refractivity contribution in [2.45, 2.75) is 13.0 Å². The average Bonchev–Trinajstić information content (AvgIpc) is 2.98. The Hall–Kier alpha value is -2.14. The molecule has 0 aliphatic heterocycles. The highest BCUT2D eigenvalue weighted by atomic mass is 19.1. The molecule has 2 aromatic rings. The number of hydrogen-bond acceptors (Lipinski definition) is 3. The van der Waals surface area contributed by atoms with E-state index in [1.54, 1.807) is 36.7 Å². The monoisotopic (exact) mass is 291 g/mol. The van der Waals surface area contributed by atoms with Gasteiger partial charge in [-0.15, -0.1) is 0 Å². The quantitative estimate of drug-likeness (QED) is 0.787. The zero-order valence-electron chi connectivity index (χ0n) is 11.9. The number of halogens is 1. The molecular weight excluding hydrogens is 273 g/mol. The molecule has 0 spiro atoms. The van der Waals surface area contributed by atoms with E-state index in [2.05, 4.69) is 0 Å². The van der Waals surface area contributed by atoms with Crippen molar-refractivity contribution in [1.82, 2.24) is 4.90 Å². The van der Waals surface area contributed by atoms with Crippen molar-refractivity contribution in [2.24, 2.45) is 0 Å². The molecule has 0 N–H and O–H groups in total. The van der Waals surface area contributed by atoms with Crippen LogP contribution in [0.25, 0.3) is 0 Å². The van der Waals surface area contributed by atoms with Crippen LogP contribution in [0, 0.1) is 5.82 Å². The third-order valence-electron chi connectivity index (χ3n) is 3.14. The molecule has 0 fully saturated rings. The van der Waals surface area contributed by atoms with Crippen molar-refractivity contribution >= 4 is 5.91 Å². The van der Waals surface area contributed by atoms with Crippen molar-refractivity contribution in [3.63, 3.8) is 0 Å². The maximum atomic E-state index is 12.9. The van der Waals surface area contributed by atoms with Crippen LogP contribution in [0.4, 0.5) is 4.39 Å². The molecule has 0 bridgehead atoms. The van der Waals surface area contributed by atoms with Gasteiger partial charge in [-0.25, -0.2) is 4.39 Å². The minimum Gasteiger partial charge on any atom is -0.472 e. The summed E-state index contributed by atoms with van der Waals surface area (Å²) >= 11 is 0. The first kappa shape index (κ1) is 15.3. The van der Waals surface area contributed by atoms with Gasteiger partial charge in [-0.1, -0.05) is 12.1 Å². The summed E-state index contributed by atoms with van der Waals surface area (Å²) in [6, 6.07) is 7.79. The third kappa shape index (κ3) is 4.72. The van der Waals surface area contributed by atoms with E-state index < -0.39 is 0 Å². The summed E-state index contributed by atoms with van der Waals surface area (Å²) in [5, 5.41) is 0. The molecule has 0 saturated carbocycles. The van der Waals surface area contributed by atoms with Crippen LogP contribution in [0.5, 0.6) is 0 Å². The Bertz CT molecular complexity index is 551. The van der Waals surface area contributed by atoms with Gasteiger partial charge in [0.15, 0.2) is 0 Å². The van der Waals surface area contributed by atoms with E-state index in [1.165, 1.54) is 12.1 Å². The van der Waals surface area contributed by atoms with Crippen LogP contribution in [0.2, 0.25) is 0 Å². The van der Waals surface area contributed by atoms with Crippen molar-refractivity contribution in [1.29, 1.82) is 0 Å². The number of hydrogen-bond donors (Lipinski definition) is 0. The smallest absolute Gasteiger partial charge is 0.227 e. The molecule has 0 aliphatic carbocycles. The predicted octanol–water partition coefficient (Wildman–Crippen LogP) is 2.64. The SMILES string of the molecule is COCCN(Cc1ccoc1)C(=O)Cc1ccc(F)cc1. The fourth-order valence-corrected chi connectivity index (χ4v) is 1.99. The summed E-state index contributed by atoms with van der Waals surface area (Å²) in [7, 11) is 1.60. The second-order valence-corrected chi connectivity index (χ2v) is 4.74. The van der Waals surface area contributed by atoms with Crippen LogP contribution in [-0.4, -0.2) is 31.1 Å². The molecule has 5 heteroatoms. The minimum atomic E-state index is -0.305. The number of furan rings is 1. The summed E-state index contributed by atoms with van der Waals surface area (Å²) in [5.74, 6) is -0.333. The highest BCUT2D eigenvalue weighted by Crippen LogP contribution is 2.10. The van der Waals surface area contributed by atoms with Crippen LogP contribution < -0.4 is 0 Å². The summed E-state index contributed by atoms with van der Waals surface area (Å²) in [5.41, 5.74) is 1.72. The molecule has 0 radical (unpaired) electrons. The third-order valence-corrected chi connectivity index (χ3v) is 3.14. The zero-order valence-corrected chi connectivity index (χ0v) is 11.9. The normalized spacial score (nSPS) is 10.6. The number of carbonyl (C=O) groups is 1. The molecule has 1 aromatic heterocycles. The van der Waals surface area contributed by atoms with Gasteiger partial charge < -0.3 is 14.1 Å². The largest absolute Gasteiger partial charge is 0.472 e. The molecule has 1 amide bonds. The van der Waals surface area contributed by atoms with Crippen LogP contribution in [0.3, 0.4) is 0 Å². The van der Waals surface area contributed by atoms with Gasteiger partial charge in [0.1, 0.15) is 5.82 Å². The number of rotatable bonds is 7. The molecule has 1 aromatic carbocycles. The molecule has 112 valence electrons. The average molecular weight is 291 g/mol. The van der Waals surface area contributed by atoms with Crippen molar-refractivity contribution in [2.75, 3.05) is 20.3 Å². The Kier molecular flexibility index (Phi) is 5.51. The summed E-state index contributed by atoms with van der Waals surface area (Å²) in [4.78, 5) is 14.1. The first-order valence-electron chi connectivity index (χ1n) is 6.71. The topological polar surface area (TPSA) is 42.7 Å². The Morgan fingerprint density at radius 2 is 2.00 bits per heavy atom. The minimum absolute atomic E-state index is 0.0279. The second-order valence-electron chi connectivity index (χ2n) is 4.74. The van der Waals surface area contributed by atoms with Gasteiger partial charge in [0, 0.05) is 25.8 Å². The highest BCUT2D eigenvalue weighted by Gasteiger charge is 2.15. The lowest BCUT2D eigenvalue weighted by molar-refractivity contribution is -0.131. The van der Waals surface area contributed by atoms with E-state index in [0.717, 1.165) is 11.1 Å². The van der Waals surface area contributed by atoms with Gasteiger partial charge >= 0.3 is 0 Å². The van der Waals surface area contributed by atoms with Gasteiger partial charge in [0.2, 0.25) is 5.91 Å². The first-order valence-corrected chi connectivity index (χ1v) is 6.71. The second kappa shape index (κ2) is 7.59. The standard InChI is InChI=1S/C16H18FNO3/c1-20-9-7-18(11-14-6-8-21-12-14)16(19)10-13-2-4-15(17)5-3-13/h2-6,8,12H,7,9-11H2,1H3. The Morgan fingerprint density at radius 3 is 2.62 bits per heavy atom. The Morgan fingerprint density at radius 1 is 1.24 bits per heavy atom. The fourth-order valence-electron chi connectivity index (χ4n) is 1.99. The van der Waals surface area contributed by atoms with Crippen molar-refractivity contribution in [3.8, 4) is 0 Å². The van der Waals surface area contributed by atoms with Crippen LogP contribution in [-0.2, 0) is 22.5 Å². The zero-order chi connectivity index (χ0) is 15.1. The van der Waals surface area contributed by atoms with Gasteiger partial charge in [0.05, 0.1) is 25.6 Å². The first-order chi connectivity index (χ1) is 10.2. The van der Waals surface area contributed by atoms with E-state index in [9.17, 15) is 9.18 Å². The number of amides is 1. The van der Waals surface area contributed by atoms with E-state index >= 15 is 0 Å². The maximum Gasteiger partial charge on any atom is 0.227 e.